The highest BCUT2D eigenvalue weighted by molar-refractivity contribution is 7.91. The van der Waals surface area contributed by atoms with Crippen molar-refractivity contribution >= 4 is 37.6 Å². The Morgan fingerprint density at radius 1 is 1.40 bits per heavy atom. The molecule has 0 radical (unpaired) electrons. The molecule has 0 aliphatic carbocycles. The van der Waals surface area contributed by atoms with Crippen LogP contribution in [0.3, 0.4) is 0 Å². The van der Waals surface area contributed by atoms with Gasteiger partial charge < -0.3 is 11.1 Å². The predicted molar refractivity (Wildman–Crippen MR) is 71.0 cm³/mol. The molecule has 10 heteroatoms. The maximum atomic E-state index is 12.2. The first-order chi connectivity index (χ1) is 8.99. The summed E-state index contributed by atoms with van der Waals surface area (Å²) < 4.78 is 60.4. The van der Waals surface area contributed by atoms with E-state index in [4.69, 9.17) is 5.73 Å². The Hall–Kier alpha value is -1.29. The number of alkyl halides is 3. The van der Waals surface area contributed by atoms with Crippen LogP contribution < -0.4 is 11.1 Å². The summed E-state index contributed by atoms with van der Waals surface area (Å²) >= 11 is 0.612. The summed E-state index contributed by atoms with van der Waals surface area (Å²) in [7, 11) is -3.84. The first-order valence-corrected chi connectivity index (χ1v) is 7.93. The second-order valence-corrected chi connectivity index (χ2v) is 7.17. The number of sulfone groups is 1. The summed E-state index contributed by atoms with van der Waals surface area (Å²) in [6, 6.07) is 0. The average Bonchev–Trinajstić information content (AvgIpc) is 2.63. The molecule has 0 aliphatic rings. The van der Waals surface area contributed by atoms with Crippen molar-refractivity contribution < 1.29 is 26.4 Å². The van der Waals surface area contributed by atoms with E-state index >= 15 is 0 Å². The Bertz CT molecular complexity index is 620. The zero-order valence-corrected chi connectivity index (χ0v) is 12.3. The van der Waals surface area contributed by atoms with Crippen LogP contribution in [0.1, 0.15) is 23.5 Å². The number of anilines is 2. The molecule has 0 saturated heterocycles. The van der Waals surface area contributed by atoms with Gasteiger partial charge in [-0.25, -0.2) is 8.42 Å². The second-order valence-electron chi connectivity index (χ2n) is 3.93. The highest BCUT2D eigenvalue weighted by atomic mass is 32.2. The largest absolute Gasteiger partial charge is 0.405 e. The molecule has 0 aliphatic heterocycles. The maximum absolute atomic E-state index is 12.2. The topological polar surface area (TPSA) is 89.3 Å². The van der Waals surface area contributed by atoms with Crippen LogP contribution in [0.25, 0.3) is 0 Å². The van der Waals surface area contributed by atoms with Gasteiger partial charge in [0.25, 0.3) is 0 Å². The SMILES string of the molecule is CCS(=O)(=O)c1c(NCC(F)(F)F)sc(C(C)=O)c1N. The Labute approximate surface area is 117 Å². The van der Waals surface area contributed by atoms with Gasteiger partial charge in [0.15, 0.2) is 15.6 Å². The smallest absolute Gasteiger partial charge is 0.396 e. The number of nitrogens with two attached hydrogens (primary N) is 1. The van der Waals surface area contributed by atoms with Crippen molar-refractivity contribution in [2.75, 3.05) is 23.3 Å². The standard InChI is InChI=1S/C10H13F3N2O3S2/c1-3-20(17,18)8-6(14)7(5(2)16)19-9(8)15-4-10(11,12)13/h15H,3-4,14H2,1-2H3. The molecular weight excluding hydrogens is 317 g/mol. The van der Waals surface area contributed by atoms with Crippen LogP contribution in [0.2, 0.25) is 0 Å². The summed E-state index contributed by atoms with van der Waals surface area (Å²) in [4.78, 5) is 10.8. The Kier molecular flexibility index (Phi) is 4.70. The Morgan fingerprint density at radius 2 is 1.95 bits per heavy atom. The van der Waals surface area contributed by atoms with E-state index < -0.39 is 33.2 Å². The van der Waals surface area contributed by atoms with Crippen LogP contribution in [0.15, 0.2) is 4.90 Å². The van der Waals surface area contributed by atoms with Gasteiger partial charge in [0.1, 0.15) is 16.4 Å². The molecule has 0 spiro atoms. The fourth-order valence-corrected chi connectivity index (χ4v) is 4.00. The minimum Gasteiger partial charge on any atom is -0.396 e. The third kappa shape index (κ3) is 3.63. The molecule has 0 saturated carbocycles. The maximum Gasteiger partial charge on any atom is 0.405 e. The van der Waals surface area contributed by atoms with Gasteiger partial charge in [0.05, 0.1) is 16.3 Å². The van der Waals surface area contributed by atoms with Crippen molar-refractivity contribution in [3.8, 4) is 0 Å². The zero-order valence-electron chi connectivity index (χ0n) is 10.7. The normalized spacial score (nSPS) is 12.4. The third-order valence-corrected chi connectivity index (χ3v) is 5.56. The number of hydrogen-bond acceptors (Lipinski definition) is 6. The molecular formula is C10H13F3N2O3S2. The van der Waals surface area contributed by atoms with Crippen molar-refractivity contribution in [3.05, 3.63) is 4.88 Å². The van der Waals surface area contributed by atoms with Gasteiger partial charge in [0.2, 0.25) is 0 Å². The van der Waals surface area contributed by atoms with E-state index in [1.54, 1.807) is 0 Å². The van der Waals surface area contributed by atoms with Gasteiger partial charge in [-0.15, -0.1) is 11.3 Å². The lowest BCUT2D eigenvalue weighted by Gasteiger charge is -2.10. The third-order valence-electron chi connectivity index (χ3n) is 2.36. The highest BCUT2D eigenvalue weighted by Crippen LogP contribution is 2.40. The van der Waals surface area contributed by atoms with E-state index in [-0.39, 0.29) is 21.3 Å². The molecule has 0 atom stereocenters. The summed E-state index contributed by atoms with van der Waals surface area (Å²) in [6.45, 7) is 1.10. The molecule has 0 unspecified atom stereocenters. The lowest BCUT2D eigenvalue weighted by atomic mass is 10.3. The number of carbonyl (C=O) groups is 1. The van der Waals surface area contributed by atoms with Crippen LogP contribution in [0.4, 0.5) is 23.9 Å². The number of nitrogen functional groups attached to an aromatic ring is 1. The first-order valence-electron chi connectivity index (χ1n) is 5.46. The highest BCUT2D eigenvalue weighted by Gasteiger charge is 2.31. The number of Topliss-reactive ketones (excluding diaryl/α,β-unsaturated/α-hetero) is 1. The number of thiophene rings is 1. The Balaban J connectivity index is 3.36. The molecule has 0 amide bonds. The molecule has 1 aromatic rings. The molecule has 1 rings (SSSR count). The number of nitrogens with one attached hydrogen (secondary N) is 1. The minimum absolute atomic E-state index is 0.0679. The van der Waals surface area contributed by atoms with Crippen LogP contribution >= 0.6 is 11.3 Å². The van der Waals surface area contributed by atoms with Gasteiger partial charge in [-0.3, -0.25) is 4.79 Å². The monoisotopic (exact) mass is 330 g/mol. The van der Waals surface area contributed by atoms with Crippen LogP contribution in [-0.4, -0.2) is 32.7 Å². The fourth-order valence-electron chi connectivity index (χ4n) is 1.44. The molecule has 1 heterocycles. The van der Waals surface area contributed by atoms with Crippen molar-refractivity contribution in [1.82, 2.24) is 0 Å². The van der Waals surface area contributed by atoms with E-state index in [2.05, 4.69) is 0 Å². The van der Waals surface area contributed by atoms with Gasteiger partial charge >= 0.3 is 6.18 Å². The van der Waals surface area contributed by atoms with Crippen LogP contribution in [0, 0.1) is 0 Å². The van der Waals surface area contributed by atoms with Gasteiger partial charge in [-0.2, -0.15) is 13.2 Å². The lowest BCUT2D eigenvalue weighted by molar-refractivity contribution is -0.115. The molecule has 0 bridgehead atoms. The van der Waals surface area contributed by atoms with Gasteiger partial charge in [0, 0.05) is 6.92 Å². The predicted octanol–water partition coefficient (Wildman–Crippen LogP) is 2.30. The molecule has 0 fully saturated rings. The molecule has 3 N–H and O–H groups in total. The second kappa shape index (κ2) is 5.60. The summed E-state index contributed by atoms with van der Waals surface area (Å²) in [6.07, 6.45) is -4.51. The van der Waals surface area contributed by atoms with Crippen molar-refractivity contribution in [2.24, 2.45) is 0 Å². The van der Waals surface area contributed by atoms with E-state index in [0.717, 1.165) is 6.92 Å². The minimum atomic E-state index is -4.51. The average molecular weight is 330 g/mol. The number of rotatable bonds is 5. The molecule has 5 nitrogen and oxygen atoms in total. The van der Waals surface area contributed by atoms with E-state index in [0.29, 0.717) is 11.3 Å². The quantitative estimate of drug-likeness (QED) is 0.809. The number of halogens is 3. The lowest BCUT2D eigenvalue weighted by Crippen LogP contribution is -2.22. The molecule has 0 aromatic carbocycles. The van der Waals surface area contributed by atoms with Crippen LogP contribution in [-0.2, 0) is 9.84 Å². The van der Waals surface area contributed by atoms with Crippen LogP contribution in [0.5, 0.6) is 0 Å². The van der Waals surface area contributed by atoms with E-state index in [1.807, 2.05) is 5.32 Å². The molecule has 20 heavy (non-hydrogen) atoms. The number of hydrogen-bond donors (Lipinski definition) is 2. The van der Waals surface area contributed by atoms with Crippen molar-refractivity contribution in [2.45, 2.75) is 24.9 Å². The van der Waals surface area contributed by atoms with E-state index in [1.165, 1.54) is 6.92 Å². The molecule has 1 aromatic heterocycles. The fraction of sp³-hybridized carbons (Fsp3) is 0.500. The molecule has 114 valence electrons. The van der Waals surface area contributed by atoms with Crippen molar-refractivity contribution in [1.29, 1.82) is 0 Å². The summed E-state index contributed by atoms with van der Waals surface area (Å²) in [5.74, 6) is -0.827. The number of ketones is 1. The van der Waals surface area contributed by atoms with E-state index in [9.17, 15) is 26.4 Å². The first kappa shape index (κ1) is 16.8. The van der Waals surface area contributed by atoms with Gasteiger partial charge in [-0.1, -0.05) is 6.92 Å². The number of carbonyl (C=O) groups excluding carboxylic acids is 1. The van der Waals surface area contributed by atoms with Crippen molar-refractivity contribution in [3.63, 3.8) is 0 Å². The van der Waals surface area contributed by atoms with Gasteiger partial charge in [-0.05, 0) is 0 Å². The summed E-state index contributed by atoms with van der Waals surface area (Å²) in [5, 5.41) is 1.73. The zero-order chi connectivity index (χ0) is 15.7. The Morgan fingerprint density at radius 3 is 2.35 bits per heavy atom. The summed E-state index contributed by atoms with van der Waals surface area (Å²) in [5.41, 5.74) is 5.30.